The third kappa shape index (κ3) is 5.67. The van der Waals surface area contributed by atoms with Crippen molar-refractivity contribution in [2.75, 3.05) is 79.5 Å². The second-order valence-corrected chi connectivity index (χ2v) is 11.1. The van der Waals surface area contributed by atoms with Gasteiger partial charge in [-0.2, -0.15) is 9.97 Å². The molecule has 3 saturated heterocycles. The molecular formula is C28H34N8O3S. The van der Waals surface area contributed by atoms with E-state index >= 15 is 0 Å². The van der Waals surface area contributed by atoms with Gasteiger partial charge in [0.15, 0.2) is 5.13 Å². The number of benzene rings is 1. The quantitative estimate of drug-likeness (QED) is 0.447. The summed E-state index contributed by atoms with van der Waals surface area (Å²) in [5, 5.41) is 5.39. The average molecular weight is 563 g/mol. The fourth-order valence-corrected chi connectivity index (χ4v) is 6.12. The van der Waals surface area contributed by atoms with Crippen molar-refractivity contribution in [3.8, 4) is 11.3 Å². The van der Waals surface area contributed by atoms with Gasteiger partial charge < -0.3 is 24.3 Å². The smallest absolute Gasteiger partial charge is 0.337 e. The van der Waals surface area contributed by atoms with Gasteiger partial charge in [-0.05, 0) is 37.8 Å². The van der Waals surface area contributed by atoms with Crippen molar-refractivity contribution in [2.45, 2.75) is 25.7 Å². The van der Waals surface area contributed by atoms with E-state index in [-0.39, 0.29) is 12.0 Å². The predicted molar refractivity (Wildman–Crippen MR) is 157 cm³/mol. The molecule has 40 heavy (non-hydrogen) atoms. The van der Waals surface area contributed by atoms with Gasteiger partial charge in [-0.3, -0.25) is 5.32 Å². The summed E-state index contributed by atoms with van der Waals surface area (Å²) in [6, 6.07) is 9.03. The highest BCUT2D eigenvalue weighted by Gasteiger charge is 2.26. The molecule has 6 rings (SSSR count). The van der Waals surface area contributed by atoms with Crippen molar-refractivity contribution in [1.82, 2.24) is 19.9 Å². The van der Waals surface area contributed by atoms with Crippen LogP contribution >= 0.6 is 11.3 Å². The Kier molecular flexibility index (Phi) is 7.67. The van der Waals surface area contributed by atoms with Crippen LogP contribution < -0.4 is 20.0 Å². The number of hydrogen-bond donors (Lipinski definition) is 1. The van der Waals surface area contributed by atoms with Gasteiger partial charge in [0.25, 0.3) is 0 Å². The van der Waals surface area contributed by atoms with Crippen LogP contribution in [0.1, 0.15) is 36.0 Å². The third-order valence-corrected chi connectivity index (χ3v) is 8.47. The summed E-state index contributed by atoms with van der Waals surface area (Å²) in [6.07, 6.45) is 4.77. The maximum Gasteiger partial charge on any atom is 0.337 e. The molecule has 0 unspecified atom stereocenters. The minimum atomic E-state index is -0.378. The van der Waals surface area contributed by atoms with Crippen LogP contribution in [0.25, 0.3) is 11.3 Å². The molecule has 3 aromatic rings. The molecule has 1 aromatic carbocycles. The molecular weight excluding hydrogens is 528 g/mol. The summed E-state index contributed by atoms with van der Waals surface area (Å²) < 4.78 is 4.75. The van der Waals surface area contributed by atoms with Crippen molar-refractivity contribution in [3.63, 3.8) is 0 Å². The van der Waals surface area contributed by atoms with E-state index in [2.05, 4.69) is 31.1 Å². The molecule has 5 heterocycles. The first-order valence-corrected chi connectivity index (χ1v) is 14.8. The van der Waals surface area contributed by atoms with Gasteiger partial charge in [-0.15, -0.1) is 11.3 Å². The predicted octanol–water partition coefficient (Wildman–Crippen LogP) is 3.94. The van der Waals surface area contributed by atoms with Crippen LogP contribution in [0, 0.1) is 0 Å². The lowest BCUT2D eigenvalue weighted by molar-refractivity contribution is 0.0600. The Morgan fingerprint density at radius 2 is 1.40 bits per heavy atom. The monoisotopic (exact) mass is 562 g/mol. The number of aromatic nitrogens is 3. The highest BCUT2D eigenvalue weighted by Crippen LogP contribution is 2.29. The number of carbonyl (C=O) groups is 2. The minimum absolute atomic E-state index is 0.153. The van der Waals surface area contributed by atoms with Gasteiger partial charge in [-0.25, -0.2) is 14.6 Å². The normalized spacial score (nSPS) is 17.4. The number of esters is 1. The molecule has 3 aliphatic heterocycles. The van der Waals surface area contributed by atoms with Crippen LogP contribution in [-0.2, 0) is 4.74 Å². The topological polar surface area (TPSA) is 107 Å². The number of methoxy groups -OCH3 is 1. The number of piperazine rings is 1. The molecule has 11 nitrogen and oxygen atoms in total. The van der Waals surface area contributed by atoms with Crippen molar-refractivity contribution in [2.24, 2.45) is 0 Å². The second kappa shape index (κ2) is 11.7. The van der Waals surface area contributed by atoms with Gasteiger partial charge >= 0.3 is 12.0 Å². The van der Waals surface area contributed by atoms with Crippen LogP contribution in [0.15, 0.2) is 35.7 Å². The standard InChI is InChI=1S/C28H34N8O3S/c1-39-25(37)21-8-6-20(7-9-21)22-19-40-27(29-22)32-28(38)36-16-14-34(15-17-36)24-18-23(33-10-2-3-11-33)30-26(31-24)35-12-4-5-13-35/h6-9,18-19H,2-5,10-17H2,1H3,(H,29,32,38). The fourth-order valence-electron chi connectivity index (χ4n) is 5.41. The van der Waals surface area contributed by atoms with Crippen molar-refractivity contribution < 1.29 is 14.3 Å². The van der Waals surface area contributed by atoms with Crippen LogP contribution in [0.3, 0.4) is 0 Å². The number of nitrogens with zero attached hydrogens (tertiary/aromatic N) is 7. The van der Waals surface area contributed by atoms with Gasteiger partial charge in [0.2, 0.25) is 5.95 Å². The molecule has 0 bridgehead atoms. The van der Waals surface area contributed by atoms with E-state index < -0.39 is 0 Å². The lowest BCUT2D eigenvalue weighted by Crippen LogP contribution is -2.50. The van der Waals surface area contributed by atoms with E-state index in [0.717, 1.165) is 55.0 Å². The summed E-state index contributed by atoms with van der Waals surface area (Å²) in [6.45, 7) is 6.71. The van der Waals surface area contributed by atoms with Crippen molar-refractivity contribution in [3.05, 3.63) is 41.3 Å². The molecule has 1 N–H and O–H groups in total. The van der Waals surface area contributed by atoms with E-state index in [4.69, 9.17) is 14.7 Å². The Labute approximate surface area is 237 Å². The maximum absolute atomic E-state index is 13.0. The Bertz CT molecular complexity index is 1310. The number of hydrogen-bond acceptors (Lipinski definition) is 10. The number of rotatable bonds is 6. The molecule has 0 spiro atoms. The minimum Gasteiger partial charge on any atom is -0.465 e. The van der Waals surface area contributed by atoms with Gasteiger partial charge in [0.05, 0.1) is 18.4 Å². The second-order valence-electron chi connectivity index (χ2n) is 10.3. The first kappa shape index (κ1) is 26.3. The molecule has 210 valence electrons. The van der Waals surface area contributed by atoms with E-state index in [9.17, 15) is 9.59 Å². The summed E-state index contributed by atoms with van der Waals surface area (Å²) >= 11 is 1.38. The number of urea groups is 1. The molecule has 3 aliphatic rings. The summed E-state index contributed by atoms with van der Waals surface area (Å²) in [5.41, 5.74) is 2.09. The van der Waals surface area contributed by atoms with Gasteiger partial charge in [0, 0.05) is 69.4 Å². The Hall–Kier alpha value is -3.93. The van der Waals surface area contributed by atoms with Crippen LogP contribution in [0.2, 0.25) is 0 Å². The average Bonchev–Trinajstić information content (AvgIpc) is 3.80. The first-order chi connectivity index (χ1) is 19.6. The first-order valence-electron chi connectivity index (χ1n) is 13.9. The molecule has 3 fully saturated rings. The van der Waals surface area contributed by atoms with Crippen molar-refractivity contribution in [1.29, 1.82) is 0 Å². The molecule has 0 radical (unpaired) electrons. The summed E-state index contributed by atoms with van der Waals surface area (Å²) in [7, 11) is 1.36. The molecule has 2 aromatic heterocycles. The highest BCUT2D eigenvalue weighted by atomic mass is 32.1. The van der Waals surface area contributed by atoms with Crippen LogP contribution in [0.4, 0.5) is 27.5 Å². The number of nitrogens with one attached hydrogen (secondary N) is 1. The van der Waals surface area contributed by atoms with E-state index in [1.165, 1.54) is 44.1 Å². The summed E-state index contributed by atoms with van der Waals surface area (Å²) in [5.74, 6) is 2.42. The molecule has 0 aliphatic carbocycles. The van der Waals surface area contributed by atoms with Gasteiger partial charge in [0.1, 0.15) is 11.6 Å². The zero-order chi connectivity index (χ0) is 27.5. The largest absolute Gasteiger partial charge is 0.465 e. The molecule has 2 amide bonds. The molecule has 0 atom stereocenters. The Balaban J connectivity index is 1.08. The summed E-state index contributed by atoms with van der Waals surface area (Å²) in [4.78, 5) is 47.9. The number of ether oxygens (including phenoxy) is 1. The zero-order valence-corrected chi connectivity index (χ0v) is 23.5. The Morgan fingerprint density at radius 1 is 0.800 bits per heavy atom. The third-order valence-electron chi connectivity index (χ3n) is 7.72. The number of carbonyl (C=O) groups excluding carboxylic acids is 2. The number of amides is 2. The Morgan fingerprint density at radius 3 is 2.02 bits per heavy atom. The number of thiazole rings is 1. The van der Waals surface area contributed by atoms with Crippen LogP contribution in [0.5, 0.6) is 0 Å². The SMILES string of the molecule is COC(=O)c1ccc(-c2csc(NC(=O)N3CCN(c4cc(N5CCCC5)nc(N5CCCC5)n4)CC3)n2)cc1. The fraction of sp³-hybridized carbons (Fsp3) is 0.464. The maximum atomic E-state index is 13.0. The van der Waals surface area contributed by atoms with Gasteiger partial charge in [-0.1, -0.05) is 12.1 Å². The van der Waals surface area contributed by atoms with E-state index in [0.29, 0.717) is 36.9 Å². The molecule has 12 heteroatoms. The lowest BCUT2D eigenvalue weighted by Gasteiger charge is -2.35. The number of anilines is 4. The van der Waals surface area contributed by atoms with E-state index in [1.54, 1.807) is 12.1 Å². The van der Waals surface area contributed by atoms with Crippen LogP contribution in [-0.4, -0.2) is 91.3 Å². The van der Waals surface area contributed by atoms with Crippen molar-refractivity contribution >= 4 is 46.1 Å². The zero-order valence-electron chi connectivity index (χ0n) is 22.7. The lowest BCUT2D eigenvalue weighted by atomic mass is 10.1. The highest BCUT2D eigenvalue weighted by molar-refractivity contribution is 7.14. The van der Waals surface area contributed by atoms with E-state index in [1.807, 2.05) is 22.4 Å². The molecule has 0 saturated carbocycles.